The Kier molecular flexibility index (Phi) is 7.41. The quantitative estimate of drug-likeness (QED) is 0.343. The first-order valence-electron chi connectivity index (χ1n) is 9.02. The van der Waals surface area contributed by atoms with Crippen molar-refractivity contribution in [1.29, 1.82) is 0 Å². The zero-order valence-corrected chi connectivity index (χ0v) is 16.3. The number of aliphatic carboxylic acids is 2. The highest BCUT2D eigenvalue weighted by Gasteiger charge is 2.44. The summed E-state index contributed by atoms with van der Waals surface area (Å²) in [7, 11) is 0. The second kappa shape index (κ2) is 9.81. The molecule has 170 valence electrons. The lowest BCUT2D eigenvalue weighted by Gasteiger charge is -2.07. The van der Waals surface area contributed by atoms with Crippen molar-refractivity contribution in [3.05, 3.63) is 59.7 Å². The first-order chi connectivity index (χ1) is 14.9. The number of aliphatic imine (C=N–C) groups is 1. The number of alkyl halides is 3. The molecule has 0 radical (unpaired) electrons. The van der Waals surface area contributed by atoms with Gasteiger partial charge in [0, 0.05) is 11.3 Å². The molecule has 1 fully saturated rings. The number of carboxylic acid groups (broad SMARTS) is 2. The maximum atomic E-state index is 12.3. The van der Waals surface area contributed by atoms with E-state index in [1.807, 2.05) is 12.1 Å². The Labute approximate surface area is 179 Å². The summed E-state index contributed by atoms with van der Waals surface area (Å²) in [5, 5.41) is 18.9. The maximum absolute atomic E-state index is 12.3. The van der Waals surface area contributed by atoms with Crippen LogP contribution >= 0.6 is 0 Å². The first-order valence-corrected chi connectivity index (χ1v) is 9.02. The lowest BCUT2D eigenvalue weighted by molar-refractivity contribution is -0.192. The van der Waals surface area contributed by atoms with E-state index in [0.29, 0.717) is 23.4 Å². The highest BCUT2D eigenvalue weighted by atomic mass is 19.4. The molecule has 12 heteroatoms. The van der Waals surface area contributed by atoms with Gasteiger partial charge in [-0.15, -0.1) is 0 Å². The number of nitrogens with zero attached hydrogens (tertiary/aromatic N) is 1. The third kappa shape index (κ3) is 7.00. The van der Waals surface area contributed by atoms with Crippen LogP contribution < -0.4 is 16.8 Å². The highest BCUT2D eigenvalue weighted by molar-refractivity contribution is 6.04. The Bertz CT molecular complexity index is 1030. The first kappa shape index (κ1) is 24.2. The van der Waals surface area contributed by atoms with Gasteiger partial charge in [-0.1, -0.05) is 18.2 Å². The van der Waals surface area contributed by atoms with Gasteiger partial charge in [0.15, 0.2) is 5.96 Å². The molecule has 0 saturated heterocycles. The van der Waals surface area contributed by atoms with Gasteiger partial charge in [-0.25, -0.2) is 9.79 Å². The molecule has 0 spiro atoms. The molecule has 1 aliphatic rings. The maximum Gasteiger partial charge on any atom is 0.490 e. The summed E-state index contributed by atoms with van der Waals surface area (Å²) < 4.78 is 31.7. The summed E-state index contributed by atoms with van der Waals surface area (Å²) in [5.41, 5.74) is 13.2. The van der Waals surface area contributed by atoms with Crippen molar-refractivity contribution in [2.24, 2.45) is 22.4 Å². The average molecular weight is 452 g/mol. The third-order valence-corrected chi connectivity index (χ3v) is 4.31. The molecule has 0 bridgehead atoms. The predicted molar refractivity (Wildman–Crippen MR) is 108 cm³/mol. The lowest BCUT2D eigenvalue weighted by Crippen LogP contribution is -2.21. The van der Waals surface area contributed by atoms with E-state index in [1.54, 1.807) is 36.4 Å². The third-order valence-electron chi connectivity index (χ3n) is 4.31. The van der Waals surface area contributed by atoms with Gasteiger partial charge < -0.3 is 27.0 Å². The van der Waals surface area contributed by atoms with Crippen LogP contribution in [0.25, 0.3) is 0 Å². The topological polar surface area (TPSA) is 168 Å². The molecule has 32 heavy (non-hydrogen) atoms. The van der Waals surface area contributed by atoms with E-state index in [-0.39, 0.29) is 23.7 Å². The Morgan fingerprint density at radius 3 is 2.09 bits per heavy atom. The van der Waals surface area contributed by atoms with E-state index < -0.39 is 18.1 Å². The zero-order valence-electron chi connectivity index (χ0n) is 16.3. The van der Waals surface area contributed by atoms with Crippen LogP contribution in [0, 0.1) is 5.92 Å². The van der Waals surface area contributed by atoms with Crippen molar-refractivity contribution in [1.82, 2.24) is 0 Å². The number of rotatable bonds is 5. The summed E-state index contributed by atoms with van der Waals surface area (Å²) in [5.74, 6) is -4.10. The van der Waals surface area contributed by atoms with Gasteiger partial charge in [0.25, 0.3) is 5.91 Å². The number of halogens is 3. The van der Waals surface area contributed by atoms with E-state index >= 15 is 0 Å². The second-order valence-corrected chi connectivity index (χ2v) is 6.75. The molecule has 2 aromatic rings. The highest BCUT2D eigenvalue weighted by Crippen LogP contribution is 2.47. The summed E-state index contributed by atoms with van der Waals surface area (Å²) in [4.78, 5) is 36.1. The molecular formula is C20H19F3N4O5. The number of hydrogen-bond donors (Lipinski definition) is 5. The summed E-state index contributed by atoms with van der Waals surface area (Å²) in [6.07, 6.45) is -4.42. The minimum absolute atomic E-state index is 0.0681. The molecular weight excluding hydrogens is 433 g/mol. The smallest absolute Gasteiger partial charge is 0.481 e. The van der Waals surface area contributed by atoms with Crippen LogP contribution in [0.1, 0.15) is 28.3 Å². The Hall–Kier alpha value is -4.09. The van der Waals surface area contributed by atoms with Gasteiger partial charge >= 0.3 is 18.1 Å². The molecule has 1 saturated carbocycles. The van der Waals surface area contributed by atoms with Crippen molar-refractivity contribution in [3.8, 4) is 0 Å². The molecule has 9 nitrogen and oxygen atoms in total. The van der Waals surface area contributed by atoms with Crippen LogP contribution in [0.5, 0.6) is 0 Å². The monoisotopic (exact) mass is 452 g/mol. The largest absolute Gasteiger partial charge is 0.490 e. The molecule has 1 aliphatic carbocycles. The molecule has 2 atom stereocenters. The second-order valence-electron chi connectivity index (χ2n) is 6.75. The Morgan fingerprint density at radius 2 is 1.62 bits per heavy atom. The fourth-order valence-corrected chi connectivity index (χ4v) is 2.72. The molecule has 7 N–H and O–H groups in total. The van der Waals surface area contributed by atoms with Crippen LogP contribution in [0.2, 0.25) is 0 Å². The van der Waals surface area contributed by atoms with Crippen molar-refractivity contribution < 1.29 is 37.8 Å². The van der Waals surface area contributed by atoms with Crippen molar-refractivity contribution in [2.45, 2.75) is 18.5 Å². The molecule has 0 heterocycles. The molecule has 0 aromatic heterocycles. The number of amides is 1. The number of benzene rings is 2. The van der Waals surface area contributed by atoms with Gasteiger partial charge in [0.05, 0.1) is 11.6 Å². The molecule has 1 amide bonds. The molecule has 0 aliphatic heterocycles. The lowest BCUT2D eigenvalue weighted by atomic mass is 10.1. The Morgan fingerprint density at radius 1 is 1.03 bits per heavy atom. The average Bonchev–Trinajstić information content (AvgIpc) is 3.49. The van der Waals surface area contributed by atoms with E-state index in [0.717, 1.165) is 5.56 Å². The van der Waals surface area contributed by atoms with Crippen LogP contribution in [-0.2, 0) is 9.59 Å². The van der Waals surface area contributed by atoms with E-state index in [2.05, 4.69) is 10.3 Å². The van der Waals surface area contributed by atoms with Crippen molar-refractivity contribution >= 4 is 35.2 Å². The van der Waals surface area contributed by atoms with Gasteiger partial charge in [-0.3, -0.25) is 9.59 Å². The standard InChI is InChI=1S/C18H18N4O3.C2HF3O2/c19-18(20)22-13-3-1-2-11(8-13)16(23)21-12-6-4-10(5-7-12)14-9-15(14)17(24)25;3-2(4,5)1(6)7/h1-8,14-15H,9H2,(H,21,23)(H,24,25)(H4,19,20,22);(H,6,7). The van der Waals surface area contributed by atoms with Gasteiger partial charge in [-0.05, 0) is 48.2 Å². The van der Waals surface area contributed by atoms with E-state index in [4.69, 9.17) is 26.5 Å². The SMILES string of the molecule is NC(N)=Nc1cccc(C(=O)Nc2ccc(C3CC3C(=O)O)cc2)c1.O=C(O)C(F)(F)F. The minimum Gasteiger partial charge on any atom is -0.481 e. The summed E-state index contributed by atoms with van der Waals surface area (Å²) in [6.45, 7) is 0. The number of anilines is 1. The molecule has 3 rings (SSSR count). The van der Waals surface area contributed by atoms with Gasteiger partial charge in [0.2, 0.25) is 0 Å². The fraction of sp³-hybridized carbons (Fsp3) is 0.200. The van der Waals surface area contributed by atoms with Gasteiger partial charge in [0.1, 0.15) is 0 Å². The minimum atomic E-state index is -5.08. The van der Waals surface area contributed by atoms with E-state index in [9.17, 15) is 22.8 Å². The number of carbonyl (C=O) groups is 3. The molecule has 2 aromatic carbocycles. The number of hydrogen-bond acceptors (Lipinski definition) is 4. The van der Waals surface area contributed by atoms with Crippen molar-refractivity contribution in [3.63, 3.8) is 0 Å². The zero-order chi connectivity index (χ0) is 24.1. The summed E-state index contributed by atoms with van der Waals surface area (Å²) in [6, 6.07) is 13.9. The number of nitrogens with two attached hydrogens (primary N) is 2. The number of nitrogens with one attached hydrogen (secondary N) is 1. The number of carboxylic acids is 2. The fourth-order valence-electron chi connectivity index (χ4n) is 2.72. The van der Waals surface area contributed by atoms with Gasteiger partial charge in [-0.2, -0.15) is 13.2 Å². The number of guanidine groups is 1. The van der Waals surface area contributed by atoms with Crippen LogP contribution in [-0.4, -0.2) is 40.2 Å². The van der Waals surface area contributed by atoms with E-state index in [1.165, 1.54) is 0 Å². The Balaban J connectivity index is 0.000000451. The number of carbonyl (C=O) groups excluding carboxylic acids is 1. The summed E-state index contributed by atoms with van der Waals surface area (Å²) >= 11 is 0. The van der Waals surface area contributed by atoms with Crippen LogP contribution in [0.4, 0.5) is 24.5 Å². The normalized spacial score (nSPS) is 16.7. The van der Waals surface area contributed by atoms with Crippen molar-refractivity contribution in [2.75, 3.05) is 5.32 Å². The van der Waals surface area contributed by atoms with Crippen LogP contribution in [0.3, 0.4) is 0 Å². The van der Waals surface area contributed by atoms with Crippen LogP contribution in [0.15, 0.2) is 53.5 Å². The predicted octanol–water partition coefficient (Wildman–Crippen LogP) is 2.67. The molecule has 2 unspecified atom stereocenters.